The van der Waals surface area contributed by atoms with Crippen molar-refractivity contribution in [2.75, 3.05) is 33.2 Å². The lowest BCUT2D eigenvalue weighted by Gasteiger charge is -2.10. The molecule has 0 spiro atoms. The van der Waals surface area contributed by atoms with E-state index in [0.29, 0.717) is 49.5 Å². The lowest BCUT2D eigenvalue weighted by atomic mass is 10.1. The molecule has 0 unspecified atom stereocenters. The number of methoxy groups -OCH3 is 3. The molecule has 8 heteroatoms. The van der Waals surface area contributed by atoms with Crippen molar-refractivity contribution in [3.05, 3.63) is 82.0 Å². The number of hydrogen-bond donors (Lipinski definition) is 1. The average Bonchev–Trinajstić information content (AvgIpc) is 3.24. The van der Waals surface area contributed by atoms with Crippen LogP contribution in [0.25, 0.3) is 11.0 Å². The number of furan rings is 1. The van der Waals surface area contributed by atoms with Crippen LogP contribution in [0.15, 0.2) is 69.6 Å². The van der Waals surface area contributed by atoms with Crippen molar-refractivity contribution in [1.82, 2.24) is 0 Å². The molecule has 0 radical (unpaired) electrons. The summed E-state index contributed by atoms with van der Waals surface area (Å²) in [7, 11) is 4.60. The standard InChI is InChI=1S/C26H22BrNO6/c1-31-21-10-9-16(12-18(21)27)25(30)26-24(17-6-4-5-7-20(17)34-26)28-14-19(29)15-8-11-22(32-2)23(13-15)33-3/h4-13,28H,14H2,1-3H3. The summed E-state index contributed by atoms with van der Waals surface area (Å²) in [6.07, 6.45) is 0. The summed E-state index contributed by atoms with van der Waals surface area (Å²) in [4.78, 5) is 26.3. The summed E-state index contributed by atoms with van der Waals surface area (Å²) in [6.45, 7) is -0.0500. The van der Waals surface area contributed by atoms with Gasteiger partial charge in [-0.15, -0.1) is 0 Å². The summed E-state index contributed by atoms with van der Waals surface area (Å²) in [5, 5.41) is 3.82. The molecule has 174 valence electrons. The number of nitrogens with one attached hydrogen (secondary N) is 1. The maximum absolute atomic E-state index is 13.3. The maximum atomic E-state index is 13.3. The first-order chi connectivity index (χ1) is 16.5. The molecule has 0 aliphatic rings. The number of Topliss-reactive ketones (excluding diaryl/α,β-unsaturated/α-hetero) is 1. The molecule has 4 rings (SSSR count). The van der Waals surface area contributed by atoms with Crippen LogP contribution in [0.2, 0.25) is 0 Å². The normalized spacial score (nSPS) is 10.7. The lowest BCUT2D eigenvalue weighted by molar-refractivity contribution is 0.0997. The quantitative estimate of drug-likeness (QED) is 0.279. The Balaban J connectivity index is 1.65. The van der Waals surface area contributed by atoms with E-state index >= 15 is 0 Å². The van der Waals surface area contributed by atoms with Crippen LogP contribution in [-0.2, 0) is 0 Å². The van der Waals surface area contributed by atoms with E-state index in [4.69, 9.17) is 18.6 Å². The zero-order chi connectivity index (χ0) is 24.2. The predicted molar refractivity (Wildman–Crippen MR) is 133 cm³/mol. The van der Waals surface area contributed by atoms with Gasteiger partial charge in [0.25, 0.3) is 0 Å². The monoisotopic (exact) mass is 523 g/mol. The van der Waals surface area contributed by atoms with Crippen LogP contribution in [0, 0.1) is 0 Å². The fourth-order valence-electron chi connectivity index (χ4n) is 3.60. The number of ketones is 2. The minimum Gasteiger partial charge on any atom is -0.496 e. The first kappa shape index (κ1) is 23.4. The van der Waals surface area contributed by atoms with Crippen molar-refractivity contribution in [3.8, 4) is 17.2 Å². The van der Waals surface area contributed by atoms with Crippen molar-refractivity contribution in [1.29, 1.82) is 0 Å². The van der Waals surface area contributed by atoms with Crippen molar-refractivity contribution >= 4 is 44.2 Å². The molecular weight excluding hydrogens is 502 g/mol. The maximum Gasteiger partial charge on any atom is 0.230 e. The Bertz CT molecular complexity index is 1380. The summed E-state index contributed by atoms with van der Waals surface area (Å²) in [6, 6.07) is 17.3. The van der Waals surface area contributed by atoms with E-state index in [1.54, 1.807) is 49.6 Å². The number of carbonyl (C=O) groups is 2. The number of halogens is 1. The first-order valence-corrected chi connectivity index (χ1v) is 11.1. The van der Waals surface area contributed by atoms with Gasteiger partial charge in [0, 0.05) is 16.5 Å². The van der Waals surface area contributed by atoms with Gasteiger partial charge in [-0.3, -0.25) is 9.59 Å². The third kappa shape index (κ3) is 4.49. The fourth-order valence-corrected chi connectivity index (χ4v) is 4.14. The van der Waals surface area contributed by atoms with Gasteiger partial charge in [-0.25, -0.2) is 0 Å². The van der Waals surface area contributed by atoms with E-state index in [-0.39, 0.29) is 23.9 Å². The first-order valence-electron chi connectivity index (χ1n) is 10.4. The third-order valence-electron chi connectivity index (χ3n) is 5.35. The largest absolute Gasteiger partial charge is 0.496 e. The summed E-state index contributed by atoms with van der Waals surface area (Å²) in [5.74, 6) is 1.23. The van der Waals surface area contributed by atoms with Gasteiger partial charge in [0.2, 0.25) is 5.78 Å². The van der Waals surface area contributed by atoms with E-state index in [2.05, 4.69) is 21.2 Å². The molecule has 4 aromatic rings. The average molecular weight is 524 g/mol. The Morgan fingerprint density at radius 2 is 1.53 bits per heavy atom. The molecule has 0 aliphatic heterocycles. The van der Waals surface area contributed by atoms with Crippen molar-refractivity contribution in [2.45, 2.75) is 0 Å². The Morgan fingerprint density at radius 3 is 2.24 bits per heavy atom. The summed E-state index contributed by atoms with van der Waals surface area (Å²) in [5.41, 5.74) is 1.87. The highest BCUT2D eigenvalue weighted by Gasteiger charge is 2.23. The number of hydrogen-bond acceptors (Lipinski definition) is 7. The van der Waals surface area contributed by atoms with Crippen LogP contribution in [0.5, 0.6) is 17.2 Å². The van der Waals surface area contributed by atoms with Crippen LogP contribution in [0.1, 0.15) is 26.5 Å². The van der Waals surface area contributed by atoms with Gasteiger partial charge in [-0.1, -0.05) is 12.1 Å². The molecule has 0 aliphatic carbocycles. The zero-order valence-electron chi connectivity index (χ0n) is 18.8. The molecule has 3 aromatic carbocycles. The molecule has 34 heavy (non-hydrogen) atoms. The number of rotatable bonds is 9. The van der Waals surface area contributed by atoms with Gasteiger partial charge in [-0.2, -0.15) is 0 Å². The van der Waals surface area contributed by atoms with Crippen molar-refractivity contribution in [3.63, 3.8) is 0 Å². The van der Waals surface area contributed by atoms with Crippen LogP contribution in [0.4, 0.5) is 5.69 Å². The fraction of sp³-hybridized carbons (Fsp3) is 0.154. The number of anilines is 1. The van der Waals surface area contributed by atoms with Crippen molar-refractivity contribution < 1.29 is 28.2 Å². The minimum atomic E-state index is -0.319. The molecule has 0 atom stereocenters. The smallest absolute Gasteiger partial charge is 0.230 e. The molecule has 0 bridgehead atoms. The van der Waals surface area contributed by atoms with Gasteiger partial charge in [0.05, 0.1) is 38.0 Å². The van der Waals surface area contributed by atoms with E-state index in [0.717, 1.165) is 0 Å². The third-order valence-corrected chi connectivity index (χ3v) is 5.97. The van der Waals surface area contributed by atoms with Crippen LogP contribution < -0.4 is 19.5 Å². The molecule has 1 heterocycles. The Morgan fingerprint density at radius 1 is 0.853 bits per heavy atom. The molecule has 0 saturated carbocycles. The lowest BCUT2D eigenvalue weighted by Crippen LogP contribution is -2.16. The topological polar surface area (TPSA) is 87.0 Å². The molecule has 1 aromatic heterocycles. The van der Waals surface area contributed by atoms with Crippen LogP contribution in [0.3, 0.4) is 0 Å². The zero-order valence-corrected chi connectivity index (χ0v) is 20.4. The highest BCUT2D eigenvalue weighted by atomic mass is 79.9. The van der Waals surface area contributed by atoms with E-state index in [1.165, 1.54) is 14.2 Å². The second kappa shape index (κ2) is 10.0. The molecule has 7 nitrogen and oxygen atoms in total. The molecule has 0 saturated heterocycles. The second-order valence-electron chi connectivity index (χ2n) is 7.33. The van der Waals surface area contributed by atoms with Gasteiger partial charge < -0.3 is 23.9 Å². The molecule has 1 N–H and O–H groups in total. The molecular formula is C26H22BrNO6. The number of carbonyl (C=O) groups excluding carboxylic acids is 2. The van der Waals surface area contributed by atoms with E-state index in [9.17, 15) is 9.59 Å². The van der Waals surface area contributed by atoms with Gasteiger partial charge >= 0.3 is 0 Å². The number of benzene rings is 3. The Kier molecular flexibility index (Phi) is 6.88. The summed E-state index contributed by atoms with van der Waals surface area (Å²) < 4.78 is 22.3. The number of para-hydroxylation sites is 1. The Labute approximate surface area is 204 Å². The summed E-state index contributed by atoms with van der Waals surface area (Å²) >= 11 is 3.41. The molecule has 0 fully saturated rings. The highest BCUT2D eigenvalue weighted by Crippen LogP contribution is 2.34. The van der Waals surface area contributed by atoms with Gasteiger partial charge in [-0.05, 0) is 64.5 Å². The van der Waals surface area contributed by atoms with Crippen LogP contribution >= 0.6 is 15.9 Å². The minimum absolute atomic E-state index is 0.0500. The van der Waals surface area contributed by atoms with E-state index < -0.39 is 0 Å². The predicted octanol–water partition coefficient (Wildman–Crippen LogP) is 5.75. The molecule has 0 amide bonds. The van der Waals surface area contributed by atoms with Gasteiger partial charge in [0.15, 0.2) is 23.0 Å². The van der Waals surface area contributed by atoms with E-state index in [1.807, 2.05) is 18.2 Å². The highest BCUT2D eigenvalue weighted by molar-refractivity contribution is 9.10. The van der Waals surface area contributed by atoms with Gasteiger partial charge in [0.1, 0.15) is 11.3 Å². The number of fused-ring (bicyclic) bond motifs is 1. The van der Waals surface area contributed by atoms with Crippen LogP contribution in [-0.4, -0.2) is 39.4 Å². The number of ether oxygens (including phenoxy) is 3. The Hall–Kier alpha value is -3.78. The SMILES string of the molecule is COc1ccc(C(=O)c2oc3ccccc3c2NCC(=O)c2ccc(OC)c(OC)c2)cc1Br. The van der Waals surface area contributed by atoms with Crippen molar-refractivity contribution in [2.24, 2.45) is 0 Å². The second-order valence-corrected chi connectivity index (χ2v) is 8.18.